The molecule has 0 aromatic heterocycles. The molecule has 0 saturated heterocycles. The van der Waals surface area contributed by atoms with Crippen LogP contribution < -0.4 is 5.32 Å². The Bertz CT molecular complexity index is 597. The molecule has 24 heavy (non-hydrogen) atoms. The Morgan fingerprint density at radius 3 is 2.38 bits per heavy atom. The normalized spacial score (nSPS) is 12.0. The second kappa shape index (κ2) is 8.92. The van der Waals surface area contributed by atoms with Gasteiger partial charge in [-0.2, -0.15) is 5.26 Å². The maximum atomic E-state index is 11.7. The lowest BCUT2D eigenvalue weighted by Crippen LogP contribution is -2.27. The van der Waals surface area contributed by atoms with Gasteiger partial charge in [0.05, 0.1) is 18.6 Å². The van der Waals surface area contributed by atoms with Crippen LogP contribution in [0.4, 0.5) is 10.5 Å². The molecule has 0 aliphatic heterocycles. The van der Waals surface area contributed by atoms with Crippen molar-refractivity contribution in [2.45, 2.75) is 52.1 Å². The SMILES string of the molecule is CCOC(=O)CCC(C#N)c1ccc(NC(=O)OC(C)(C)C)cc1. The Hall–Kier alpha value is -2.55. The zero-order valence-corrected chi connectivity index (χ0v) is 14.6. The predicted molar refractivity (Wildman–Crippen MR) is 90.5 cm³/mol. The van der Waals surface area contributed by atoms with Crippen molar-refractivity contribution in [1.82, 2.24) is 0 Å². The van der Waals surface area contributed by atoms with Gasteiger partial charge in [-0.3, -0.25) is 10.1 Å². The number of amides is 1. The summed E-state index contributed by atoms with van der Waals surface area (Å²) in [6, 6.07) is 9.10. The Labute approximate surface area is 142 Å². The quantitative estimate of drug-likeness (QED) is 0.796. The minimum atomic E-state index is -0.566. The molecule has 0 saturated carbocycles. The first kappa shape index (κ1) is 19.5. The van der Waals surface area contributed by atoms with E-state index in [0.29, 0.717) is 18.7 Å². The molecule has 0 aliphatic carbocycles. The van der Waals surface area contributed by atoms with Gasteiger partial charge in [0, 0.05) is 12.1 Å². The highest BCUT2D eigenvalue weighted by molar-refractivity contribution is 5.84. The fraction of sp³-hybridized carbons (Fsp3) is 0.500. The maximum absolute atomic E-state index is 11.7. The number of esters is 1. The van der Waals surface area contributed by atoms with Gasteiger partial charge < -0.3 is 9.47 Å². The van der Waals surface area contributed by atoms with E-state index in [2.05, 4.69) is 11.4 Å². The molecular formula is C18H24N2O4. The lowest BCUT2D eigenvalue weighted by molar-refractivity contribution is -0.143. The number of nitriles is 1. The highest BCUT2D eigenvalue weighted by atomic mass is 16.6. The van der Waals surface area contributed by atoms with E-state index in [1.807, 2.05) is 0 Å². The number of benzene rings is 1. The predicted octanol–water partition coefficient (Wildman–Crippen LogP) is 3.98. The molecule has 0 heterocycles. The van der Waals surface area contributed by atoms with Crippen molar-refractivity contribution in [3.8, 4) is 6.07 Å². The third kappa shape index (κ3) is 7.14. The molecular weight excluding hydrogens is 308 g/mol. The molecule has 0 radical (unpaired) electrons. The van der Waals surface area contributed by atoms with E-state index in [1.54, 1.807) is 52.0 Å². The molecule has 1 N–H and O–H groups in total. The third-order valence-electron chi connectivity index (χ3n) is 3.06. The van der Waals surface area contributed by atoms with Crippen LogP contribution in [-0.2, 0) is 14.3 Å². The summed E-state index contributed by atoms with van der Waals surface area (Å²) >= 11 is 0. The molecule has 6 nitrogen and oxygen atoms in total. The molecule has 1 unspecified atom stereocenters. The van der Waals surface area contributed by atoms with Crippen LogP contribution >= 0.6 is 0 Å². The van der Waals surface area contributed by atoms with Gasteiger partial charge in [-0.1, -0.05) is 12.1 Å². The highest BCUT2D eigenvalue weighted by Crippen LogP contribution is 2.23. The Kier molecular flexibility index (Phi) is 7.25. The van der Waals surface area contributed by atoms with Crippen LogP contribution in [0.1, 0.15) is 52.0 Å². The number of hydrogen-bond acceptors (Lipinski definition) is 5. The summed E-state index contributed by atoms with van der Waals surface area (Å²) in [6.07, 6.45) is 0.0624. The summed E-state index contributed by atoms with van der Waals surface area (Å²) in [5.41, 5.74) is 0.801. The smallest absolute Gasteiger partial charge is 0.412 e. The van der Waals surface area contributed by atoms with E-state index in [0.717, 1.165) is 5.56 Å². The van der Waals surface area contributed by atoms with E-state index in [9.17, 15) is 14.9 Å². The van der Waals surface area contributed by atoms with Crippen LogP contribution in [0.3, 0.4) is 0 Å². The minimum absolute atomic E-state index is 0.198. The first-order chi connectivity index (χ1) is 11.2. The number of ether oxygens (including phenoxy) is 2. The van der Waals surface area contributed by atoms with E-state index < -0.39 is 17.6 Å². The number of hydrogen-bond donors (Lipinski definition) is 1. The standard InChI is InChI=1S/C18H24N2O4/c1-5-23-16(21)11-8-14(12-19)13-6-9-15(10-7-13)20-17(22)24-18(2,3)4/h6-7,9-10,14H,5,8,11H2,1-4H3,(H,20,22). The Morgan fingerprint density at radius 2 is 1.88 bits per heavy atom. The monoisotopic (exact) mass is 332 g/mol. The second-order valence-corrected chi connectivity index (χ2v) is 6.27. The van der Waals surface area contributed by atoms with E-state index in [4.69, 9.17) is 9.47 Å². The van der Waals surface area contributed by atoms with E-state index in [-0.39, 0.29) is 12.4 Å². The van der Waals surface area contributed by atoms with Crippen molar-refractivity contribution in [1.29, 1.82) is 5.26 Å². The van der Waals surface area contributed by atoms with Crippen molar-refractivity contribution in [2.24, 2.45) is 0 Å². The van der Waals surface area contributed by atoms with Crippen LogP contribution in [-0.4, -0.2) is 24.3 Å². The van der Waals surface area contributed by atoms with Crippen LogP contribution in [0.25, 0.3) is 0 Å². The van der Waals surface area contributed by atoms with Gasteiger partial charge in [-0.25, -0.2) is 4.79 Å². The van der Waals surface area contributed by atoms with Crippen LogP contribution in [0, 0.1) is 11.3 Å². The molecule has 0 spiro atoms. The molecule has 0 bridgehead atoms. The number of carbonyl (C=O) groups excluding carboxylic acids is 2. The molecule has 1 rings (SSSR count). The molecule has 130 valence electrons. The zero-order chi connectivity index (χ0) is 18.2. The van der Waals surface area contributed by atoms with Crippen molar-refractivity contribution in [3.05, 3.63) is 29.8 Å². The largest absolute Gasteiger partial charge is 0.466 e. The van der Waals surface area contributed by atoms with Crippen molar-refractivity contribution >= 4 is 17.7 Å². The molecule has 1 atom stereocenters. The molecule has 1 aromatic carbocycles. The molecule has 1 aromatic rings. The first-order valence-electron chi connectivity index (χ1n) is 7.90. The van der Waals surface area contributed by atoms with E-state index >= 15 is 0 Å². The third-order valence-corrected chi connectivity index (χ3v) is 3.06. The molecule has 1 amide bonds. The van der Waals surface area contributed by atoms with Crippen LogP contribution in [0.5, 0.6) is 0 Å². The maximum Gasteiger partial charge on any atom is 0.412 e. The topological polar surface area (TPSA) is 88.4 Å². The number of carbonyl (C=O) groups is 2. The number of rotatable bonds is 6. The first-order valence-corrected chi connectivity index (χ1v) is 7.90. The van der Waals surface area contributed by atoms with Gasteiger partial charge in [-0.15, -0.1) is 0 Å². The van der Waals surface area contributed by atoms with Gasteiger partial charge in [0.2, 0.25) is 0 Å². The average molecular weight is 332 g/mol. The van der Waals surface area contributed by atoms with Crippen molar-refractivity contribution in [3.63, 3.8) is 0 Å². The van der Waals surface area contributed by atoms with Crippen molar-refractivity contribution in [2.75, 3.05) is 11.9 Å². The second-order valence-electron chi connectivity index (χ2n) is 6.27. The van der Waals surface area contributed by atoms with Gasteiger partial charge in [-0.05, 0) is 51.8 Å². The summed E-state index contributed by atoms with van der Waals surface area (Å²) < 4.78 is 10.0. The Morgan fingerprint density at radius 1 is 1.25 bits per heavy atom. The fourth-order valence-corrected chi connectivity index (χ4v) is 2.02. The van der Waals surface area contributed by atoms with Gasteiger partial charge in [0.25, 0.3) is 0 Å². The fourth-order valence-electron chi connectivity index (χ4n) is 2.02. The van der Waals surface area contributed by atoms with Gasteiger partial charge in [0.15, 0.2) is 0 Å². The summed E-state index contributed by atoms with van der Waals surface area (Å²) in [5, 5.41) is 11.9. The Balaban J connectivity index is 2.63. The van der Waals surface area contributed by atoms with Gasteiger partial charge in [0.1, 0.15) is 5.60 Å². The minimum Gasteiger partial charge on any atom is -0.466 e. The number of anilines is 1. The highest BCUT2D eigenvalue weighted by Gasteiger charge is 2.17. The van der Waals surface area contributed by atoms with E-state index in [1.165, 1.54) is 0 Å². The summed E-state index contributed by atoms with van der Waals surface area (Å²) in [6.45, 7) is 7.45. The van der Waals surface area contributed by atoms with Gasteiger partial charge >= 0.3 is 12.1 Å². The van der Waals surface area contributed by atoms with Crippen LogP contribution in [0.15, 0.2) is 24.3 Å². The lowest BCUT2D eigenvalue weighted by atomic mass is 9.95. The van der Waals surface area contributed by atoms with Crippen molar-refractivity contribution < 1.29 is 19.1 Å². The number of nitrogens with one attached hydrogen (secondary N) is 1. The molecule has 0 aliphatic rings. The molecule has 6 heteroatoms. The average Bonchev–Trinajstić information content (AvgIpc) is 2.47. The molecule has 0 fully saturated rings. The zero-order valence-electron chi connectivity index (χ0n) is 14.6. The summed E-state index contributed by atoms with van der Waals surface area (Å²) in [4.78, 5) is 23.1. The number of nitrogens with zero attached hydrogens (tertiary/aromatic N) is 1. The summed E-state index contributed by atoms with van der Waals surface area (Å²) in [7, 11) is 0. The summed E-state index contributed by atoms with van der Waals surface area (Å²) in [5.74, 6) is -0.703. The van der Waals surface area contributed by atoms with Crippen LogP contribution in [0.2, 0.25) is 0 Å². The lowest BCUT2D eigenvalue weighted by Gasteiger charge is -2.19.